The summed E-state index contributed by atoms with van der Waals surface area (Å²) < 4.78 is 36.9. The lowest BCUT2D eigenvalue weighted by molar-refractivity contribution is 0.0703. The lowest BCUT2D eigenvalue weighted by Crippen LogP contribution is -2.50. The second-order valence-electron chi connectivity index (χ2n) is 4.02. The maximum Gasteiger partial charge on any atom is 0.281 e. The fraction of sp³-hybridized carbons (Fsp3) is 1.00. The van der Waals surface area contributed by atoms with E-state index in [-0.39, 0.29) is 12.6 Å². The average molecular weight is 267 g/mol. The molecule has 0 radical (unpaired) electrons. The van der Waals surface area contributed by atoms with E-state index < -0.39 is 10.2 Å². The zero-order valence-electron chi connectivity index (χ0n) is 10.3. The largest absolute Gasteiger partial charge is 0.383 e. The molecule has 0 spiro atoms. The highest BCUT2D eigenvalue weighted by Crippen LogP contribution is 2.09. The molecule has 1 aliphatic heterocycles. The van der Waals surface area contributed by atoms with Crippen LogP contribution < -0.4 is 5.73 Å². The number of methoxy groups -OCH3 is 1. The first-order valence-corrected chi connectivity index (χ1v) is 6.92. The van der Waals surface area contributed by atoms with Crippen molar-refractivity contribution in [2.45, 2.75) is 6.04 Å². The lowest BCUT2D eigenvalue weighted by Gasteiger charge is -2.31. The first-order valence-electron chi connectivity index (χ1n) is 5.52. The molecule has 0 aromatic carbocycles. The molecule has 0 bridgehead atoms. The van der Waals surface area contributed by atoms with Crippen LogP contribution in [0.25, 0.3) is 0 Å². The number of morpholine rings is 1. The molecule has 7 nitrogen and oxygen atoms in total. The van der Waals surface area contributed by atoms with Gasteiger partial charge in [-0.2, -0.15) is 17.0 Å². The molecule has 0 amide bonds. The summed E-state index contributed by atoms with van der Waals surface area (Å²) in [7, 11) is -0.358. The van der Waals surface area contributed by atoms with E-state index in [2.05, 4.69) is 0 Å². The molecular formula is C9H21N3O4S. The highest BCUT2D eigenvalue weighted by Gasteiger charge is 2.29. The highest BCUT2D eigenvalue weighted by molar-refractivity contribution is 7.86. The molecule has 17 heavy (non-hydrogen) atoms. The molecule has 102 valence electrons. The number of hydrogen-bond donors (Lipinski definition) is 1. The van der Waals surface area contributed by atoms with E-state index in [0.29, 0.717) is 32.9 Å². The third-order valence-corrected chi connectivity index (χ3v) is 4.52. The average Bonchev–Trinajstić information content (AvgIpc) is 2.30. The van der Waals surface area contributed by atoms with Crippen molar-refractivity contribution in [1.82, 2.24) is 8.61 Å². The maximum atomic E-state index is 12.1. The van der Waals surface area contributed by atoms with Gasteiger partial charge >= 0.3 is 0 Å². The Morgan fingerprint density at radius 1 is 1.47 bits per heavy atom. The van der Waals surface area contributed by atoms with E-state index >= 15 is 0 Å². The van der Waals surface area contributed by atoms with E-state index in [9.17, 15) is 8.42 Å². The van der Waals surface area contributed by atoms with Gasteiger partial charge in [0.25, 0.3) is 10.2 Å². The molecule has 1 fully saturated rings. The van der Waals surface area contributed by atoms with Gasteiger partial charge in [0.05, 0.1) is 19.8 Å². The zero-order valence-corrected chi connectivity index (χ0v) is 11.1. The van der Waals surface area contributed by atoms with Crippen molar-refractivity contribution in [2.75, 3.05) is 53.6 Å². The van der Waals surface area contributed by atoms with Gasteiger partial charge in [0.2, 0.25) is 0 Å². The van der Waals surface area contributed by atoms with Crippen LogP contribution in [0, 0.1) is 0 Å². The highest BCUT2D eigenvalue weighted by atomic mass is 32.2. The summed E-state index contributed by atoms with van der Waals surface area (Å²) in [5, 5.41) is 0. The van der Waals surface area contributed by atoms with Crippen molar-refractivity contribution in [1.29, 1.82) is 0 Å². The number of rotatable bonds is 6. The summed E-state index contributed by atoms with van der Waals surface area (Å²) in [6.45, 7) is 2.25. The normalized spacial score (nSPS) is 20.7. The van der Waals surface area contributed by atoms with Crippen molar-refractivity contribution < 1.29 is 17.9 Å². The second kappa shape index (κ2) is 6.62. The van der Waals surface area contributed by atoms with Gasteiger partial charge in [0, 0.05) is 39.8 Å². The predicted molar refractivity (Wildman–Crippen MR) is 63.8 cm³/mol. The number of likely N-dealkylation sites (N-methyl/N-ethyl adjacent to an activating group) is 1. The molecule has 1 saturated heterocycles. The van der Waals surface area contributed by atoms with Gasteiger partial charge in [0.1, 0.15) is 0 Å². The number of hydrogen-bond acceptors (Lipinski definition) is 5. The van der Waals surface area contributed by atoms with Crippen LogP contribution in [0.15, 0.2) is 0 Å². The Labute approximate surface area is 103 Å². The van der Waals surface area contributed by atoms with Gasteiger partial charge < -0.3 is 15.2 Å². The molecule has 8 heteroatoms. The zero-order chi connectivity index (χ0) is 12.9. The first-order chi connectivity index (χ1) is 7.98. The van der Waals surface area contributed by atoms with Gasteiger partial charge in [0.15, 0.2) is 0 Å². The Morgan fingerprint density at radius 3 is 2.59 bits per heavy atom. The van der Waals surface area contributed by atoms with Crippen molar-refractivity contribution in [3.63, 3.8) is 0 Å². The van der Waals surface area contributed by atoms with Crippen LogP contribution in [0.2, 0.25) is 0 Å². The number of nitrogens with zero attached hydrogens (tertiary/aromatic N) is 2. The standard InChI is InChI=1S/C9H21N3O4S/c1-11(7-9(10)8-15-2)17(13,14)12-3-5-16-6-4-12/h9H,3-8,10H2,1-2H3. The summed E-state index contributed by atoms with van der Waals surface area (Å²) in [5.41, 5.74) is 5.74. The molecule has 1 aliphatic rings. The minimum absolute atomic E-state index is 0.244. The van der Waals surface area contributed by atoms with Crippen LogP contribution in [0.3, 0.4) is 0 Å². The summed E-state index contributed by atoms with van der Waals surface area (Å²) in [4.78, 5) is 0. The van der Waals surface area contributed by atoms with Crippen LogP contribution in [0.4, 0.5) is 0 Å². The number of ether oxygens (including phenoxy) is 2. The first kappa shape index (κ1) is 14.8. The van der Waals surface area contributed by atoms with E-state index in [4.69, 9.17) is 15.2 Å². The number of nitrogens with two attached hydrogens (primary N) is 1. The quantitative estimate of drug-likeness (QED) is 0.631. The molecule has 1 atom stereocenters. The van der Waals surface area contributed by atoms with Crippen LogP contribution in [-0.4, -0.2) is 76.7 Å². The van der Waals surface area contributed by atoms with Crippen LogP contribution in [-0.2, 0) is 19.7 Å². The van der Waals surface area contributed by atoms with Gasteiger partial charge in [-0.25, -0.2) is 0 Å². The van der Waals surface area contributed by atoms with Crippen LogP contribution in [0.1, 0.15) is 0 Å². The van der Waals surface area contributed by atoms with Gasteiger partial charge in [-0.15, -0.1) is 0 Å². The minimum atomic E-state index is -3.42. The molecule has 0 aliphatic carbocycles. The second-order valence-corrected chi connectivity index (χ2v) is 6.05. The Morgan fingerprint density at radius 2 is 2.06 bits per heavy atom. The summed E-state index contributed by atoms with van der Waals surface area (Å²) in [5.74, 6) is 0. The molecule has 1 heterocycles. The van der Waals surface area contributed by atoms with E-state index in [0.717, 1.165) is 0 Å². The summed E-state index contributed by atoms with van der Waals surface area (Å²) >= 11 is 0. The van der Waals surface area contributed by atoms with E-state index in [1.165, 1.54) is 22.8 Å². The Bertz CT molecular complexity index is 316. The van der Waals surface area contributed by atoms with Crippen molar-refractivity contribution in [3.8, 4) is 0 Å². The third kappa shape index (κ3) is 4.16. The van der Waals surface area contributed by atoms with E-state index in [1.54, 1.807) is 0 Å². The Hall–Kier alpha value is -0.250. The fourth-order valence-corrected chi connectivity index (χ4v) is 3.05. The van der Waals surface area contributed by atoms with Gasteiger partial charge in [-0.1, -0.05) is 0 Å². The Balaban J connectivity index is 2.56. The summed E-state index contributed by atoms with van der Waals surface area (Å²) in [6.07, 6.45) is 0. The molecule has 0 saturated carbocycles. The molecule has 1 unspecified atom stereocenters. The molecule has 0 aromatic rings. The Kier molecular flexibility index (Phi) is 5.77. The monoisotopic (exact) mass is 267 g/mol. The SMILES string of the molecule is COCC(N)CN(C)S(=O)(=O)N1CCOCC1. The lowest BCUT2D eigenvalue weighted by atomic mass is 10.3. The molecule has 2 N–H and O–H groups in total. The molecule has 0 aromatic heterocycles. The fourth-order valence-electron chi connectivity index (χ4n) is 1.67. The predicted octanol–water partition coefficient (Wildman–Crippen LogP) is -1.53. The molecular weight excluding hydrogens is 246 g/mol. The minimum Gasteiger partial charge on any atom is -0.383 e. The van der Waals surface area contributed by atoms with Crippen LogP contribution >= 0.6 is 0 Å². The van der Waals surface area contributed by atoms with Crippen molar-refractivity contribution in [2.24, 2.45) is 5.73 Å². The smallest absolute Gasteiger partial charge is 0.281 e. The topological polar surface area (TPSA) is 85.1 Å². The van der Waals surface area contributed by atoms with Gasteiger partial charge in [-0.3, -0.25) is 0 Å². The molecule has 1 rings (SSSR count). The van der Waals surface area contributed by atoms with Crippen LogP contribution in [0.5, 0.6) is 0 Å². The maximum absolute atomic E-state index is 12.1. The van der Waals surface area contributed by atoms with Crippen molar-refractivity contribution >= 4 is 10.2 Å². The van der Waals surface area contributed by atoms with Gasteiger partial charge in [-0.05, 0) is 0 Å². The third-order valence-electron chi connectivity index (χ3n) is 2.56. The van der Waals surface area contributed by atoms with Crippen molar-refractivity contribution in [3.05, 3.63) is 0 Å². The van der Waals surface area contributed by atoms with E-state index in [1.807, 2.05) is 0 Å². The summed E-state index contributed by atoms with van der Waals surface area (Å²) in [6, 6.07) is -0.319.